The number of aryl methyl sites for hydroxylation is 1. The van der Waals surface area contributed by atoms with E-state index in [1.807, 2.05) is 24.3 Å². The third kappa shape index (κ3) is 2.96. The van der Waals surface area contributed by atoms with Crippen LogP contribution in [0.2, 0.25) is 0 Å². The first kappa shape index (κ1) is 14.9. The molecule has 0 bridgehead atoms. The van der Waals surface area contributed by atoms with Crippen molar-refractivity contribution in [3.05, 3.63) is 53.1 Å². The van der Waals surface area contributed by atoms with Crippen LogP contribution in [0.25, 0.3) is 0 Å². The molecule has 0 saturated carbocycles. The van der Waals surface area contributed by atoms with Crippen molar-refractivity contribution >= 4 is 0 Å². The van der Waals surface area contributed by atoms with E-state index in [1.54, 1.807) is 6.07 Å². The summed E-state index contributed by atoms with van der Waals surface area (Å²) in [4.78, 5) is 0. The Balaban J connectivity index is 2.45. The fourth-order valence-electron chi connectivity index (χ4n) is 2.86. The number of hydrogen-bond acceptors (Lipinski definition) is 2. The van der Waals surface area contributed by atoms with Crippen molar-refractivity contribution in [1.82, 2.24) is 0 Å². The van der Waals surface area contributed by atoms with Crippen molar-refractivity contribution in [2.24, 2.45) is 0 Å². The van der Waals surface area contributed by atoms with Gasteiger partial charge in [-0.25, -0.2) is 0 Å². The van der Waals surface area contributed by atoms with E-state index in [2.05, 4.69) is 19.9 Å². The molecule has 2 rings (SSSR count). The van der Waals surface area contributed by atoms with E-state index in [1.165, 1.54) is 0 Å². The molecule has 0 aliphatic heterocycles. The van der Waals surface area contributed by atoms with Gasteiger partial charge in [0.15, 0.2) is 0 Å². The van der Waals surface area contributed by atoms with Crippen molar-refractivity contribution in [3.63, 3.8) is 0 Å². The maximum Gasteiger partial charge on any atom is 0.122 e. The maximum absolute atomic E-state index is 11.0. The molecule has 2 N–H and O–H groups in total. The number of benzene rings is 1. The fraction of sp³-hybridized carbons (Fsp3) is 0.444. The number of phenolic OH excluding ortho intramolecular Hbond substituents is 1. The molecule has 1 aromatic rings. The first-order valence-corrected chi connectivity index (χ1v) is 7.52. The normalized spacial score (nSPS) is 21.9. The lowest BCUT2D eigenvalue weighted by atomic mass is 9.80. The molecule has 1 unspecified atom stereocenters. The molecule has 0 aromatic heterocycles. The highest BCUT2D eigenvalue weighted by molar-refractivity contribution is 5.48. The second kappa shape index (κ2) is 6.27. The topological polar surface area (TPSA) is 40.5 Å². The van der Waals surface area contributed by atoms with E-state index < -0.39 is 5.60 Å². The summed E-state index contributed by atoms with van der Waals surface area (Å²) in [6, 6.07) is 5.54. The van der Waals surface area contributed by atoms with Crippen LogP contribution in [0.15, 0.2) is 42.0 Å². The fourth-order valence-corrected chi connectivity index (χ4v) is 2.86. The number of phenols is 1. The van der Waals surface area contributed by atoms with Gasteiger partial charge in [0.1, 0.15) is 11.4 Å². The van der Waals surface area contributed by atoms with Gasteiger partial charge in [-0.3, -0.25) is 0 Å². The molecule has 2 heteroatoms. The van der Waals surface area contributed by atoms with Gasteiger partial charge in [-0.1, -0.05) is 44.6 Å². The average Bonchev–Trinajstić information content (AvgIpc) is 2.44. The monoisotopic (exact) mass is 272 g/mol. The Hall–Kier alpha value is -1.54. The van der Waals surface area contributed by atoms with Gasteiger partial charge in [0, 0.05) is 12.0 Å². The lowest BCUT2D eigenvalue weighted by Gasteiger charge is -2.30. The number of rotatable bonds is 5. The predicted octanol–water partition coefficient (Wildman–Crippen LogP) is 4.22. The van der Waals surface area contributed by atoms with Gasteiger partial charge in [0.2, 0.25) is 0 Å². The van der Waals surface area contributed by atoms with E-state index in [9.17, 15) is 10.2 Å². The molecule has 2 nitrogen and oxygen atoms in total. The quantitative estimate of drug-likeness (QED) is 0.842. The number of allylic oxidation sites excluding steroid dienone is 2. The zero-order chi connectivity index (χ0) is 14.6. The van der Waals surface area contributed by atoms with Gasteiger partial charge in [-0.15, -0.1) is 0 Å². The number of unbranched alkanes of at least 4 members (excludes halogenated alkanes) is 1. The number of aromatic hydroxyl groups is 1. The van der Waals surface area contributed by atoms with Gasteiger partial charge in [0.05, 0.1) is 0 Å². The third-order valence-electron chi connectivity index (χ3n) is 3.95. The Morgan fingerprint density at radius 1 is 1.25 bits per heavy atom. The predicted molar refractivity (Wildman–Crippen MR) is 82.7 cm³/mol. The highest BCUT2D eigenvalue weighted by Gasteiger charge is 2.32. The molecule has 1 atom stereocenters. The summed E-state index contributed by atoms with van der Waals surface area (Å²) in [5, 5.41) is 21.3. The van der Waals surface area contributed by atoms with Crippen LogP contribution in [-0.2, 0) is 12.0 Å². The Morgan fingerprint density at radius 2 is 2.05 bits per heavy atom. The number of aliphatic hydroxyl groups is 1. The van der Waals surface area contributed by atoms with E-state index in [0.717, 1.165) is 36.8 Å². The van der Waals surface area contributed by atoms with Crippen LogP contribution in [0.5, 0.6) is 5.75 Å². The molecular formula is C18H24O2. The van der Waals surface area contributed by atoms with Gasteiger partial charge < -0.3 is 10.2 Å². The molecular weight excluding hydrogens is 248 g/mol. The van der Waals surface area contributed by atoms with Crippen LogP contribution in [0.4, 0.5) is 0 Å². The summed E-state index contributed by atoms with van der Waals surface area (Å²) >= 11 is 0. The molecule has 1 aliphatic rings. The van der Waals surface area contributed by atoms with Crippen LogP contribution < -0.4 is 0 Å². The lowest BCUT2D eigenvalue weighted by Crippen LogP contribution is -2.26. The SMILES string of the molecule is CCCCc1cccc(O)c1C1(O)C=C(CC)C=CC1. The van der Waals surface area contributed by atoms with Crippen molar-refractivity contribution in [2.45, 2.75) is 51.6 Å². The smallest absolute Gasteiger partial charge is 0.122 e. The Bertz CT molecular complexity index is 528. The summed E-state index contributed by atoms with van der Waals surface area (Å²) in [6.07, 6.45) is 10.4. The van der Waals surface area contributed by atoms with Gasteiger partial charge in [-0.2, -0.15) is 0 Å². The van der Waals surface area contributed by atoms with Crippen molar-refractivity contribution in [3.8, 4) is 5.75 Å². The van der Waals surface area contributed by atoms with E-state index in [-0.39, 0.29) is 5.75 Å². The highest BCUT2D eigenvalue weighted by Crippen LogP contribution is 2.40. The molecule has 0 amide bonds. The second-order valence-electron chi connectivity index (χ2n) is 5.52. The Kier molecular flexibility index (Phi) is 4.66. The largest absolute Gasteiger partial charge is 0.508 e. The van der Waals surface area contributed by atoms with Crippen LogP contribution in [-0.4, -0.2) is 10.2 Å². The summed E-state index contributed by atoms with van der Waals surface area (Å²) in [5.41, 5.74) is 1.78. The average molecular weight is 272 g/mol. The molecule has 0 spiro atoms. The zero-order valence-corrected chi connectivity index (χ0v) is 12.4. The van der Waals surface area contributed by atoms with Crippen molar-refractivity contribution in [2.75, 3.05) is 0 Å². The van der Waals surface area contributed by atoms with Crippen LogP contribution in [0.1, 0.15) is 50.7 Å². The van der Waals surface area contributed by atoms with E-state index in [4.69, 9.17) is 0 Å². The molecule has 108 valence electrons. The summed E-state index contributed by atoms with van der Waals surface area (Å²) in [6.45, 7) is 4.22. The maximum atomic E-state index is 11.0. The van der Waals surface area contributed by atoms with Crippen LogP contribution >= 0.6 is 0 Å². The van der Waals surface area contributed by atoms with E-state index >= 15 is 0 Å². The molecule has 0 heterocycles. The third-order valence-corrected chi connectivity index (χ3v) is 3.95. The van der Waals surface area contributed by atoms with Gasteiger partial charge in [0.25, 0.3) is 0 Å². The minimum Gasteiger partial charge on any atom is -0.508 e. The summed E-state index contributed by atoms with van der Waals surface area (Å²) in [7, 11) is 0. The van der Waals surface area contributed by atoms with Crippen LogP contribution in [0, 0.1) is 0 Å². The van der Waals surface area contributed by atoms with Gasteiger partial charge >= 0.3 is 0 Å². The van der Waals surface area contributed by atoms with Crippen molar-refractivity contribution in [1.29, 1.82) is 0 Å². The lowest BCUT2D eigenvalue weighted by molar-refractivity contribution is 0.0866. The second-order valence-corrected chi connectivity index (χ2v) is 5.52. The van der Waals surface area contributed by atoms with Crippen molar-refractivity contribution < 1.29 is 10.2 Å². The number of hydrogen-bond donors (Lipinski definition) is 2. The Morgan fingerprint density at radius 3 is 2.75 bits per heavy atom. The van der Waals surface area contributed by atoms with Gasteiger partial charge in [-0.05, 0) is 42.5 Å². The summed E-state index contributed by atoms with van der Waals surface area (Å²) in [5.74, 6) is 0.197. The minimum atomic E-state index is -1.07. The highest BCUT2D eigenvalue weighted by atomic mass is 16.3. The molecule has 1 aliphatic carbocycles. The Labute approximate surface area is 121 Å². The molecule has 0 radical (unpaired) electrons. The minimum absolute atomic E-state index is 0.197. The zero-order valence-electron chi connectivity index (χ0n) is 12.4. The first-order valence-electron chi connectivity index (χ1n) is 7.52. The standard InChI is InChI=1S/C18H24O2/c1-3-5-9-15-10-6-11-16(19)17(15)18(20)12-7-8-14(4-2)13-18/h6-8,10-11,13,19-20H,3-5,9,12H2,1-2H3. The van der Waals surface area contributed by atoms with E-state index in [0.29, 0.717) is 12.0 Å². The molecule has 20 heavy (non-hydrogen) atoms. The molecule has 0 fully saturated rings. The summed E-state index contributed by atoms with van der Waals surface area (Å²) < 4.78 is 0. The molecule has 1 aromatic carbocycles. The first-order chi connectivity index (χ1) is 9.60. The van der Waals surface area contributed by atoms with Crippen LogP contribution in [0.3, 0.4) is 0 Å². The molecule has 0 saturated heterocycles.